The van der Waals surface area contributed by atoms with E-state index < -0.39 is 11.5 Å². The zero-order valence-electron chi connectivity index (χ0n) is 14.2. The van der Waals surface area contributed by atoms with Gasteiger partial charge >= 0.3 is 0 Å². The average Bonchev–Trinajstić information content (AvgIpc) is 3.40. The van der Waals surface area contributed by atoms with Crippen LogP contribution in [0.15, 0.2) is 48.5 Å². The van der Waals surface area contributed by atoms with Crippen molar-refractivity contribution in [2.45, 2.75) is 31.3 Å². The fraction of sp³-hybridized carbons (Fsp3) is 0.350. The molecule has 1 aliphatic rings. The lowest BCUT2D eigenvalue weighted by Crippen LogP contribution is -2.40. The highest BCUT2D eigenvalue weighted by atomic mass is 19.1. The number of aryl methyl sites for hydroxylation is 1. The molecule has 1 saturated carbocycles. The van der Waals surface area contributed by atoms with Gasteiger partial charge in [-0.1, -0.05) is 24.3 Å². The molecule has 0 saturated heterocycles. The summed E-state index contributed by atoms with van der Waals surface area (Å²) in [7, 11) is 0. The Bertz CT molecular complexity index is 758. The molecule has 0 aromatic heterocycles. The monoisotopic (exact) mass is 343 g/mol. The van der Waals surface area contributed by atoms with Crippen LogP contribution >= 0.6 is 0 Å². The van der Waals surface area contributed by atoms with Crippen LogP contribution in [-0.4, -0.2) is 30.3 Å². The molecule has 4 nitrogen and oxygen atoms in total. The first-order chi connectivity index (χ1) is 12.0. The van der Waals surface area contributed by atoms with Crippen LogP contribution in [0.25, 0.3) is 0 Å². The number of halogens is 1. The zero-order chi connectivity index (χ0) is 17.9. The lowest BCUT2D eigenvalue weighted by molar-refractivity contribution is -0.124. The second kappa shape index (κ2) is 7.23. The third-order valence-corrected chi connectivity index (χ3v) is 4.49. The lowest BCUT2D eigenvalue weighted by Gasteiger charge is -2.18. The van der Waals surface area contributed by atoms with Gasteiger partial charge in [0, 0.05) is 6.54 Å². The molecule has 1 aliphatic carbocycles. The van der Waals surface area contributed by atoms with Gasteiger partial charge in [-0.3, -0.25) is 4.79 Å². The van der Waals surface area contributed by atoms with Crippen molar-refractivity contribution < 1.29 is 19.0 Å². The van der Waals surface area contributed by atoms with Crippen molar-refractivity contribution in [1.29, 1.82) is 0 Å². The number of hydrogen-bond donors (Lipinski definition) is 2. The van der Waals surface area contributed by atoms with E-state index in [1.54, 1.807) is 12.1 Å². The Morgan fingerprint density at radius 1 is 1.28 bits per heavy atom. The van der Waals surface area contributed by atoms with Crippen LogP contribution in [0.3, 0.4) is 0 Å². The Morgan fingerprint density at radius 3 is 2.72 bits per heavy atom. The van der Waals surface area contributed by atoms with Crippen molar-refractivity contribution in [2.75, 3.05) is 13.2 Å². The SMILES string of the molecule is Cc1cccc(OCC(O)CNC(=O)C2(c3cccc(F)c3)CC2)c1. The number of ether oxygens (including phenoxy) is 1. The highest BCUT2D eigenvalue weighted by molar-refractivity contribution is 5.91. The maximum Gasteiger partial charge on any atom is 0.230 e. The summed E-state index contributed by atoms with van der Waals surface area (Å²) in [5, 5.41) is 12.8. The minimum absolute atomic E-state index is 0.0939. The fourth-order valence-electron chi connectivity index (χ4n) is 2.89. The van der Waals surface area contributed by atoms with E-state index in [9.17, 15) is 14.3 Å². The van der Waals surface area contributed by atoms with Crippen molar-refractivity contribution in [2.24, 2.45) is 0 Å². The van der Waals surface area contributed by atoms with Gasteiger partial charge in [-0.2, -0.15) is 0 Å². The van der Waals surface area contributed by atoms with Crippen LogP contribution in [0, 0.1) is 12.7 Å². The Balaban J connectivity index is 1.50. The van der Waals surface area contributed by atoms with Gasteiger partial charge in [-0.25, -0.2) is 4.39 Å². The molecule has 0 aliphatic heterocycles. The molecule has 2 aromatic carbocycles. The minimum atomic E-state index is -0.812. The number of aliphatic hydroxyl groups is 1. The molecule has 0 bridgehead atoms. The van der Waals surface area contributed by atoms with Crippen LogP contribution in [-0.2, 0) is 10.2 Å². The Kier molecular flexibility index (Phi) is 5.04. The van der Waals surface area contributed by atoms with Gasteiger partial charge in [0.25, 0.3) is 0 Å². The summed E-state index contributed by atoms with van der Waals surface area (Å²) in [6, 6.07) is 13.7. The molecule has 1 amide bonds. The first-order valence-corrected chi connectivity index (χ1v) is 8.41. The molecule has 0 heterocycles. The predicted octanol–water partition coefficient (Wildman–Crippen LogP) is 2.72. The summed E-state index contributed by atoms with van der Waals surface area (Å²) in [4.78, 5) is 12.5. The maximum atomic E-state index is 13.4. The number of rotatable bonds is 7. The summed E-state index contributed by atoms with van der Waals surface area (Å²) in [6.45, 7) is 2.16. The normalized spacial score (nSPS) is 16.1. The molecule has 132 valence electrons. The summed E-state index contributed by atoms with van der Waals surface area (Å²) >= 11 is 0. The summed E-state index contributed by atoms with van der Waals surface area (Å²) in [5.41, 5.74) is 1.11. The van der Waals surface area contributed by atoms with E-state index >= 15 is 0 Å². The number of nitrogens with one attached hydrogen (secondary N) is 1. The second-order valence-corrected chi connectivity index (χ2v) is 6.58. The van der Waals surface area contributed by atoms with E-state index in [4.69, 9.17) is 4.74 Å². The number of benzene rings is 2. The van der Waals surface area contributed by atoms with Crippen molar-refractivity contribution in [3.05, 3.63) is 65.5 Å². The van der Waals surface area contributed by atoms with E-state index in [0.29, 0.717) is 24.2 Å². The highest BCUT2D eigenvalue weighted by Crippen LogP contribution is 2.48. The van der Waals surface area contributed by atoms with Crippen LogP contribution in [0.1, 0.15) is 24.0 Å². The first kappa shape index (κ1) is 17.4. The Labute approximate surface area is 146 Å². The Hall–Kier alpha value is -2.40. The van der Waals surface area contributed by atoms with E-state index in [1.165, 1.54) is 12.1 Å². The van der Waals surface area contributed by atoms with Gasteiger partial charge in [-0.05, 0) is 55.2 Å². The molecule has 3 rings (SSSR count). The molecule has 25 heavy (non-hydrogen) atoms. The standard InChI is InChI=1S/C20H22FNO3/c1-14-4-2-7-18(10-14)25-13-17(23)12-22-19(24)20(8-9-20)15-5-3-6-16(21)11-15/h2-7,10-11,17,23H,8-9,12-13H2,1H3,(H,22,24). The smallest absolute Gasteiger partial charge is 0.230 e. The highest BCUT2D eigenvalue weighted by Gasteiger charge is 2.51. The van der Waals surface area contributed by atoms with Crippen molar-refractivity contribution >= 4 is 5.91 Å². The minimum Gasteiger partial charge on any atom is -0.491 e. The number of aliphatic hydroxyl groups excluding tert-OH is 1. The molecule has 1 unspecified atom stereocenters. The molecule has 2 N–H and O–H groups in total. The molecule has 1 atom stereocenters. The molecular formula is C20H22FNO3. The molecule has 0 radical (unpaired) electrons. The molecule has 1 fully saturated rings. The van der Waals surface area contributed by atoms with Crippen molar-refractivity contribution in [1.82, 2.24) is 5.32 Å². The topological polar surface area (TPSA) is 58.6 Å². The predicted molar refractivity (Wildman–Crippen MR) is 93.0 cm³/mol. The van der Waals surface area contributed by atoms with Gasteiger partial charge in [-0.15, -0.1) is 0 Å². The van der Waals surface area contributed by atoms with Gasteiger partial charge in [0.1, 0.15) is 24.3 Å². The van der Waals surface area contributed by atoms with E-state index in [-0.39, 0.29) is 24.9 Å². The Morgan fingerprint density at radius 2 is 2.04 bits per heavy atom. The summed E-state index contributed by atoms with van der Waals surface area (Å²) in [5.74, 6) is 0.166. The van der Waals surface area contributed by atoms with Crippen LogP contribution < -0.4 is 10.1 Å². The largest absolute Gasteiger partial charge is 0.491 e. The lowest BCUT2D eigenvalue weighted by atomic mass is 9.95. The van der Waals surface area contributed by atoms with Gasteiger partial charge in [0.15, 0.2) is 0 Å². The number of carbonyl (C=O) groups excluding carboxylic acids is 1. The van der Waals surface area contributed by atoms with Crippen LogP contribution in [0.4, 0.5) is 4.39 Å². The summed E-state index contributed by atoms with van der Waals surface area (Å²) in [6.07, 6.45) is 0.573. The summed E-state index contributed by atoms with van der Waals surface area (Å²) < 4.78 is 18.9. The quantitative estimate of drug-likeness (QED) is 0.813. The van der Waals surface area contributed by atoms with Gasteiger partial charge < -0.3 is 15.2 Å². The van der Waals surface area contributed by atoms with Crippen molar-refractivity contribution in [3.8, 4) is 5.75 Å². The number of carbonyl (C=O) groups is 1. The van der Waals surface area contributed by atoms with E-state index in [1.807, 2.05) is 31.2 Å². The first-order valence-electron chi connectivity index (χ1n) is 8.41. The second-order valence-electron chi connectivity index (χ2n) is 6.58. The molecule has 2 aromatic rings. The van der Waals surface area contributed by atoms with Crippen molar-refractivity contribution in [3.63, 3.8) is 0 Å². The van der Waals surface area contributed by atoms with E-state index in [0.717, 1.165) is 5.56 Å². The number of hydrogen-bond acceptors (Lipinski definition) is 3. The van der Waals surface area contributed by atoms with Gasteiger partial charge in [0.2, 0.25) is 5.91 Å². The van der Waals surface area contributed by atoms with Crippen LogP contribution in [0.5, 0.6) is 5.75 Å². The average molecular weight is 343 g/mol. The van der Waals surface area contributed by atoms with Crippen LogP contribution in [0.2, 0.25) is 0 Å². The molecule has 0 spiro atoms. The maximum absolute atomic E-state index is 13.4. The fourth-order valence-corrected chi connectivity index (χ4v) is 2.89. The number of amides is 1. The van der Waals surface area contributed by atoms with E-state index in [2.05, 4.69) is 5.32 Å². The van der Waals surface area contributed by atoms with Gasteiger partial charge in [0.05, 0.1) is 5.41 Å². The zero-order valence-corrected chi connectivity index (χ0v) is 14.2. The third kappa shape index (κ3) is 4.17. The third-order valence-electron chi connectivity index (χ3n) is 4.49. The molecule has 5 heteroatoms. The molecular weight excluding hydrogens is 321 g/mol.